The van der Waals surface area contributed by atoms with Gasteiger partial charge in [-0.1, -0.05) is 18.2 Å². The number of aromatic nitrogens is 5. The molecule has 1 N–H and O–H groups in total. The van der Waals surface area contributed by atoms with E-state index in [9.17, 15) is 0 Å². The van der Waals surface area contributed by atoms with Crippen LogP contribution in [0.2, 0.25) is 0 Å². The monoisotopic (exact) mass is 223 g/mol. The van der Waals surface area contributed by atoms with Crippen molar-refractivity contribution in [3.63, 3.8) is 0 Å². The Hall–Kier alpha value is -2.56. The topological polar surface area (TPSA) is 67.3 Å². The first-order chi connectivity index (χ1) is 8.43. The molecular weight excluding hydrogens is 214 g/mol. The predicted molar refractivity (Wildman–Crippen MR) is 62.8 cm³/mol. The van der Waals surface area contributed by atoms with E-state index in [-0.39, 0.29) is 0 Å². The van der Waals surface area contributed by atoms with Crippen molar-refractivity contribution < 1.29 is 0 Å². The quantitative estimate of drug-likeness (QED) is 0.720. The van der Waals surface area contributed by atoms with Gasteiger partial charge in [-0.25, -0.2) is 19.9 Å². The molecule has 0 radical (unpaired) electrons. The lowest BCUT2D eigenvalue weighted by molar-refractivity contribution is 1.06. The van der Waals surface area contributed by atoms with Gasteiger partial charge in [0.1, 0.15) is 18.5 Å². The van der Waals surface area contributed by atoms with Crippen molar-refractivity contribution >= 4 is 0 Å². The SMILES string of the molecule is c1cc(-c2ncncn2)cc(-c2ncc[nH]2)c1. The van der Waals surface area contributed by atoms with Gasteiger partial charge < -0.3 is 4.98 Å². The van der Waals surface area contributed by atoms with E-state index in [2.05, 4.69) is 24.9 Å². The minimum Gasteiger partial charge on any atom is -0.345 e. The van der Waals surface area contributed by atoms with Crippen LogP contribution in [0.3, 0.4) is 0 Å². The number of hydrogen-bond acceptors (Lipinski definition) is 4. The molecule has 2 aromatic heterocycles. The molecule has 0 fully saturated rings. The summed E-state index contributed by atoms with van der Waals surface area (Å²) in [6.07, 6.45) is 6.50. The zero-order chi connectivity index (χ0) is 11.5. The molecule has 1 aromatic carbocycles. The van der Waals surface area contributed by atoms with Crippen molar-refractivity contribution in [2.75, 3.05) is 0 Å². The van der Waals surface area contributed by atoms with Crippen LogP contribution in [0.1, 0.15) is 0 Å². The van der Waals surface area contributed by atoms with Gasteiger partial charge >= 0.3 is 0 Å². The third kappa shape index (κ3) is 1.90. The zero-order valence-electron chi connectivity index (χ0n) is 8.91. The standard InChI is InChI=1S/C12H9N5/c1-2-9(11-14-4-5-15-11)6-10(3-1)12-16-7-13-8-17-12/h1-8H,(H,14,15). The second-order valence-corrected chi connectivity index (χ2v) is 3.48. The largest absolute Gasteiger partial charge is 0.345 e. The van der Waals surface area contributed by atoms with Gasteiger partial charge in [0.05, 0.1) is 0 Å². The highest BCUT2D eigenvalue weighted by Crippen LogP contribution is 2.21. The lowest BCUT2D eigenvalue weighted by Gasteiger charge is -2.01. The summed E-state index contributed by atoms with van der Waals surface area (Å²) in [6.45, 7) is 0. The molecular formula is C12H9N5. The number of benzene rings is 1. The Morgan fingerprint density at radius 1 is 0.941 bits per heavy atom. The summed E-state index contributed by atoms with van der Waals surface area (Å²) in [5.41, 5.74) is 1.95. The first-order valence-corrected chi connectivity index (χ1v) is 5.16. The van der Waals surface area contributed by atoms with E-state index in [1.807, 2.05) is 24.3 Å². The van der Waals surface area contributed by atoms with Gasteiger partial charge in [0.15, 0.2) is 5.82 Å². The van der Waals surface area contributed by atoms with Gasteiger partial charge in [-0.2, -0.15) is 0 Å². The average Bonchev–Trinajstić information content (AvgIpc) is 2.94. The summed E-state index contributed by atoms with van der Waals surface area (Å²) in [7, 11) is 0. The molecule has 0 aliphatic rings. The van der Waals surface area contributed by atoms with Crippen molar-refractivity contribution in [2.24, 2.45) is 0 Å². The minimum absolute atomic E-state index is 0.661. The van der Waals surface area contributed by atoms with Crippen molar-refractivity contribution in [1.29, 1.82) is 0 Å². The molecule has 3 rings (SSSR count). The Labute approximate surface area is 97.6 Å². The summed E-state index contributed by atoms with van der Waals surface area (Å²) in [5.74, 6) is 1.49. The maximum absolute atomic E-state index is 4.21. The van der Waals surface area contributed by atoms with Crippen LogP contribution in [0.25, 0.3) is 22.8 Å². The molecule has 0 atom stereocenters. The van der Waals surface area contributed by atoms with Crippen LogP contribution in [0.4, 0.5) is 0 Å². The number of hydrogen-bond donors (Lipinski definition) is 1. The van der Waals surface area contributed by atoms with Crippen molar-refractivity contribution in [1.82, 2.24) is 24.9 Å². The first-order valence-electron chi connectivity index (χ1n) is 5.16. The Kier molecular flexibility index (Phi) is 2.34. The van der Waals surface area contributed by atoms with Crippen LogP contribution in [0.15, 0.2) is 49.3 Å². The van der Waals surface area contributed by atoms with Crippen LogP contribution >= 0.6 is 0 Å². The van der Waals surface area contributed by atoms with E-state index >= 15 is 0 Å². The fourth-order valence-electron chi connectivity index (χ4n) is 1.62. The molecule has 5 nitrogen and oxygen atoms in total. The number of nitrogens with zero attached hydrogens (tertiary/aromatic N) is 4. The normalized spacial score (nSPS) is 10.4. The summed E-state index contributed by atoms with van der Waals surface area (Å²) in [5, 5.41) is 0. The Bertz CT molecular complexity index is 604. The second-order valence-electron chi connectivity index (χ2n) is 3.48. The Morgan fingerprint density at radius 2 is 1.76 bits per heavy atom. The molecule has 0 unspecified atom stereocenters. The van der Waals surface area contributed by atoms with Crippen LogP contribution in [0, 0.1) is 0 Å². The maximum Gasteiger partial charge on any atom is 0.162 e. The number of nitrogens with one attached hydrogen (secondary N) is 1. The molecule has 0 spiro atoms. The lowest BCUT2D eigenvalue weighted by Crippen LogP contribution is -1.89. The number of rotatable bonds is 2. The van der Waals surface area contributed by atoms with Gasteiger partial charge in [-0.15, -0.1) is 0 Å². The van der Waals surface area contributed by atoms with E-state index in [1.165, 1.54) is 12.7 Å². The third-order valence-corrected chi connectivity index (χ3v) is 2.39. The highest BCUT2D eigenvalue weighted by Gasteiger charge is 2.04. The maximum atomic E-state index is 4.21. The van der Waals surface area contributed by atoms with Crippen LogP contribution in [0.5, 0.6) is 0 Å². The van der Waals surface area contributed by atoms with E-state index in [1.54, 1.807) is 12.4 Å². The summed E-state index contributed by atoms with van der Waals surface area (Å²) in [6, 6.07) is 7.90. The highest BCUT2D eigenvalue weighted by atomic mass is 15.0. The van der Waals surface area contributed by atoms with Crippen molar-refractivity contribution in [3.8, 4) is 22.8 Å². The van der Waals surface area contributed by atoms with Crippen LogP contribution in [-0.2, 0) is 0 Å². The van der Waals surface area contributed by atoms with Gasteiger partial charge in [0.2, 0.25) is 0 Å². The van der Waals surface area contributed by atoms with Gasteiger partial charge in [-0.3, -0.25) is 0 Å². The van der Waals surface area contributed by atoms with Crippen LogP contribution in [-0.4, -0.2) is 24.9 Å². The average molecular weight is 223 g/mol. The van der Waals surface area contributed by atoms with Crippen LogP contribution < -0.4 is 0 Å². The molecule has 0 saturated carbocycles. The van der Waals surface area contributed by atoms with Crippen molar-refractivity contribution in [2.45, 2.75) is 0 Å². The summed E-state index contributed by atoms with van der Waals surface area (Å²) < 4.78 is 0. The van der Waals surface area contributed by atoms with E-state index in [0.29, 0.717) is 5.82 Å². The molecule has 3 aromatic rings. The molecule has 0 aliphatic carbocycles. The smallest absolute Gasteiger partial charge is 0.162 e. The number of imidazole rings is 1. The summed E-state index contributed by atoms with van der Waals surface area (Å²) >= 11 is 0. The minimum atomic E-state index is 0.661. The van der Waals surface area contributed by atoms with E-state index in [0.717, 1.165) is 17.0 Å². The molecule has 0 bridgehead atoms. The van der Waals surface area contributed by atoms with Gasteiger partial charge in [0.25, 0.3) is 0 Å². The molecule has 17 heavy (non-hydrogen) atoms. The highest BCUT2D eigenvalue weighted by molar-refractivity contribution is 5.65. The zero-order valence-corrected chi connectivity index (χ0v) is 8.91. The molecule has 0 amide bonds. The molecule has 5 heteroatoms. The third-order valence-electron chi connectivity index (χ3n) is 2.39. The fourth-order valence-corrected chi connectivity index (χ4v) is 1.62. The molecule has 2 heterocycles. The van der Waals surface area contributed by atoms with E-state index in [4.69, 9.17) is 0 Å². The second kappa shape index (κ2) is 4.13. The van der Waals surface area contributed by atoms with E-state index < -0.39 is 0 Å². The molecule has 82 valence electrons. The Morgan fingerprint density at radius 3 is 2.53 bits per heavy atom. The van der Waals surface area contributed by atoms with Gasteiger partial charge in [-0.05, 0) is 6.07 Å². The first kappa shape index (κ1) is 9.65. The Balaban J connectivity index is 2.06. The van der Waals surface area contributed by atoms with Gasteiger partial charge in [0, 0.05) is 23.5 Å². The number of H-pyrrole nitrogens is 1. The fraction of sp³-hybridized carbons (Fsp3) is 0. The molecule has 0 saturated heterocycles. The van der Waals surface area contributed by atoms with Crippen molar-refractivity contribution in [3.05, 3.63) is 49.3 Å². The summed E-state index contributed by atoms with van der Waals surface area (Å²) in [4.78, 5) is 19.3. The molecule has 0 aliphatic heterocycles. The lowest BCUT2D eigenvalue weighted by atomic mass is 10.1. The predicted octanol–water partition coefficient (Wildman–Crippen LogP) is 1.93. The number of aromatic amines is 1.